The number of ether oxygens (including phenoxy) is 2. The van der Waals surface area contributed by atoms with Crippen molar-refractivity contribution >= 4 is 0 Å². The third-order valence-corrected chi connectivity index (χ3v) is 3.46. The van der Waals surface area contributed by atoms with Crippen LogP contribution in [0.5, 0.6) is 5.75 Å². The van der Waals surface area contributed by atoms with Crippen LogP contribution in [0.1, 0.15) is 30.5 Å². The Morgan fingerprint density at radius 3 is 2.82 bits per heavy atom. The van der Waals surface area contributed by atoms with Crippen molar-refractivity contribution in [3.63, 3.8) is 0 Å². The fourth-order valence-corrected chi connectivity index (χ4v) is 2.48. The second-order valence-electron chi connectivity index (χ2n) is 4.55. The third-order valence-electron chi connectivity index (χ3n) is 3.46. The average molecular weight is 235 g/mol. The van der Waals surface area contributed by atoms with Crippen molar-refractivity contribution in [2.45, 2.75) is 31.8 Å². The van der Waals surface area contributed by atoms with E-state index in [9.17, 15) is 0 Å². The predicted octanol–water partition coefficient (Wildman–Crippen LogP) is 2.31. The number of hydrogen-bond donors (Lipinski definition) is 1. The Morgan fingerprint density at radius 1 is 1.35 bits per heavy atom. The Morgan fingerprint density at radius 2 is 2.18 bits per heavy atom. The Kier molecular flexibility index (Phi) is 4.02. The van der Waals surface area contributed by atoms with Crippen LogP contribution in [-0.4, -0.2) is 26.9 Å². The van der Waals surface area contributed by atoms with Gasteiger partial charge in [-0.3, -0.25) is 0 Å². The summed E-state index contributed by atoms with van der Waals surface area (Å²) in [5.74, 6) is 0.918. The molecular weight excluding hydrogens is 214 g/mol. The van der Waals surface area contributed by atoms with Crippen LogP contribution in [-0.2, 0) is 11.2 Å². The summed E-state index contributed by atoms with van der Waals surface area (Å²) in [6.45, 7) is 2.92. The van der Waals surface area contributed by atoms with Gasteiger partial charge < -0.3 is 14.8 Å². The summed E-state index contributed by atoms with van der Waals surface area (Å²) in [6.07, 6.45) is 2.24. The molecule has 0 fully saturated rings. The molecule has 0 amide bonds. The molecular formula is C14H21NO2. The van der Waals surface area contributed by atoms with Crippen molar-refractivity contribution in [1.29, 1.82) is 0 Å². The molecule has 0 spiro atoms. The second kappa shape index (κ2) is 5.52. The largest absolute Gasteiger partial charge is 0.497 e. The molecule has 2 unspecified atom stereocenters. The Hall–Kier alpha value is -1.06. The van der Waals surface area contributed by atoms with Gasteiger partial charge in [0.2, 0.25) is 0 Å². The van der Waals surface area contributed by atoms with E-state index >= 15 is 0 Å². The lowest BCUT2D eigenvalue weighted by molar-refractivity contribution is 0.155. The SMILES string of the molecule is CCC1Cc2ccc(OC)cc2C(COC)N1. The average Bonchev–Trinajstić information content (AvgIpc) is 2.38. The maximum Gasteiger partial charge on any atom is 0.119 e. The predicted molar refractivity (Wildman–Crippen MR) is 68.5 cm³/mol. The van der Waals surface area contributed by atoms with Crippen molar-refractivity contribution in [2.24, 2.45) is 0 Å². The first-order valence-electron chi connectivity index (χ1n) is 6.20. The molecule has 0 radical (unpaired) electrons. The molecule has 94 valence electrons. The van der Waals surface area contributed by atoms with Crippen LogP contribution in [0.25, 0.3) is 0 Å². The zero-order valence-electron chi connectivity index (χ0n) is 10.8. The normalized spacial score (nSPS) is 23.2. The highest BCUT2D eigenvalue weighted by atomic mass is 16.5. The smallest absolute Gasteiger partial charge is 0.119 e. The maximum atomic E-state index is 5.30. The van der Waals surface area contributed by atoms with E-state index in [1.165, 1.54) is 11.1 Å². The van der Waals surface area contributed by atoms with E-state index in [0.717, 1.165) is 18.6 Å². The number of fused-ring (bicyclic) bond motifs is 1. The number of nitrogens with one attached hydrogen (secondary N) is 1. The number of hydrogen-bond acceptors (Lipinski definition) is 3. The van der Waals surface area contributed by atoms with Crippen molar-refractivity contribution in [3.8, 4) is 5.75 Å². The lowest BCUT2D eigenvalue weighted by Crippen LogP contribution is -2.40. The van der Waals surface area contributed by atoms with E-state index in [1.807, 2.05) is 6.07 Å². The summed E-state index contributed by atoms with van der Waals surface area (Å²) in [6, 6.07) is 7.18. The van der Waals surface area contributed by atoms with E-state index in [2.05, 4.69) is 24.4 Å². The monoisotopic (exact) mass is 235 g/mol. The highest BCUT2D eigenvalue weighted by molar-refractivity contribution is 5.40. The van der Waals surface area contributed by atoms with E-state index in [-0.39, 0.29) is 6.04 Å². The molecule has 0 bridgehead atoms. The molecule has 3 nitrogen and oxygen atoms in total. The summed E-state index contributed by atoms with van der Waals surface area (Å²) in [4.78, 5) is 0. The van der Waals surface area contributed by atoms with Gasteiger partial charge in [-0.25, -0.2) is 0 Å². The van der Waals surface area contributed by atoms with Crippen LogP contribution in [0.4, 0.5) is 0 Å². The first kappa shape index (κ1) is 12.4. The molecule has 0 aliphatic carbocycles. The van der Waals surface area contributed by atoms with Gasteiger partial charge in [-0.1, -0.05) is 13.0 Å². The Bertz CT molecular complexity index is 378. The molecule has 1 aromatic rings. The van der Waals surface area contributed by atoms with E-state index in [1.54, 1.807) is 14.2 Å². The second-order valence-corrected chi connectivity index (χ2v) is 4.55. The van der Waals surface area contributed by atoms with Gasteiger partial charge in [0.05, 0.1) is 19.8 Å². The lowest BCUT2D eigenvalue weighted by atomic mass is 9.89. The van der Waals surface area contributed by atoms with Gasteiger partial charge >= 0.3 is 0 Å². The van der Waals surface area contributed by atoms with Gasteiger partial charge in [0.1, 0.15) is 5.75 Å². The van der Waals surface area contributed by atoms with Gasteiger partial charge in [-0.2, -0.15) is 0 Å². The molecule has 1 aromatic carbocycles. The number of rotatable bonds is 4. The molecule has 17 heavy (non-hydrogen) atoms. The first-order valence-corrected chi connectivity index (χ1v) is 6.20. The Balaban J connectivity index is 2.31. The van der Waals surface area contributed by atoms with E-state index in [4.69, 9.17) is 9.47 Å². The minimum Gasteiger partial charge on any atom is -0.497 e. The highest BCUT2D eigenvalue weighted by Crippen LogP contribution is 2.29. The summed E-state index contributed by atoms with van der Waals surface area (Å²) in [5, 5.41) is 3.63. The third kappa shape index (κ3) is 2.61. The van der Waals surface area contributed by atoms with E-state index < -0.39 is 0 Å². The molecule has 2 atom stereocenters. The van der Waals surface area contributed by atoms with Crippen LogP contribution in [0.15, 0.2) is 18.2 Å². The Labute approximate surface area is 103 Å². The molecule has 2 rings (SSSR count). The maximum absolute atomic E-state index is 5.30. The standard InChI is InChI=1S/C14H21NO2/c1-4-11-7-10-5-6-12(17-3)8-13(10)14(15-11)9-16-2/h5-6,8,11,14-15H,4,7,9H2,1-3H3. The minimum absolute atomic E-state index is 0.281. The summed E-state index contributed by atoms with van der Waals surface area (Å²) in [5.41, 5.74) is 2.73. The fraction of sp³-hybridized carbons (Fsp3) is 0.571. The summed E-state index contributed by atoms with van der Waals surface area (Å²) >= 11 is 0. The van der Waals surface area contributed by atoms with Crippen LogP contribution >= 0.6 is 0 Å². The van der Waals surface area contributed by atoms with Gasteiger partial charge in [0.15, 0.2) is 0 Å². The topological polar surface area (TPSA) is 30.5 Å². The van der Waals surface area contributed by atoms with Gasteiger partial charge in [-0.05, 0) is 36.1 Å². The summed E-state index contributed by atoms with van der Waals surface area (Å²) in [7, 11) is 3.45. The zero-order chi connectivity index (χ0) is 12.3. The van der Waals surface area contributed by atoms with Crippen LogP contribution < -0.4 is 10.1 Å². The zero-order valence-corrected chi connectivity index (χ0v) is 10.8. The molecule has 1 N–H and O–H groups in total. The van der Waals surface area contributed by atoms with E-state index in [0.29, 0.717) is 12.6 Å². The van der Waals surface area contributed by atoms with Crippen molar-refractivity contribution in [3.05, 3.63) is 29.3 Å². The number of benzene rings is 1. The fourth-order valence-electron chi connectivity index (χ4n) is 2.48. The molecule has 0 saturated heterocycles. The molecule has 3 heteroatoms. The first-order chi connectivity index (χ1) is 8.28. The summed E-state index contributed by atoms with van der Waals surface area (Å²) < 4.78 is 10.6. The van der Waals surface area contributed by atoms with Crippen LogP contribution in [0.3, 0.4) is 0 Å². The van der Waals surface area contributed by atoms with Crippen molar-refractivity contribution in [2.75, 3.05) is 20.8 Å². The number of methoxy groups -OCH3 is 2. The van der Waals surface area contributed by atoms with Crippen molar-refractivity contribution < 1.29 is 9.47 Å². The highest BCUT2D eigenvalue weighted by Gasteiger charge is 2.25. The van der Waals surface area contributed by atoms with Gasteiger partial charge in [-0.15, -0.1) is 0 Å². The van der Waals surface area contributed by atoms with Crippen LogP contribution in [0.2, 0.25) is 0 Å². The lowest BCUT2D eigenvalue weighted by Gasteiger charge is -2.32. The van der Waals surface area contributed by atoms with Gasteiger partial charge in [0.25, 0.3) is 0 Å². The molecule has 0 saturated carbocycles. The van der Waals surface area contributed by atoms with Crippen LogP contribution in [0, 0.1) is 0 Å². The molecule has 1 aliphatic heterocycles. The quantitative estimate of drug-likeness (QED) is 0.868. The minimum atomic E-state index is 0.281. The molecule has 1 heterocycles. The molecule has 0 aromatic heterocycles. The molecule has 1 aliphatic rings. The van der Waals surface area contributed by atoms with Crippen molar-refractivity contribution in [1.82, 2.24) is 5.32 Å². The van der Waals surface area contributed by atoms with Gasteiger partial charge in [0, 0.05) is 13.2 Å².